The van der Waals surface area contributed by atoms with Crippen LogP contribution >= 0.6 is 11.6 Å². The van der Waals surface area contributed by atoms with Crippen LogP contribution in [0.5, 0.6) is 0 Å². The van der Waals surface area contributed by atoms with E-state index in [0.717, 1.165) is 0 Å². The average Bonchev–Trinajstić information content (AvgIpc) is 2.18. The molecule has 0 aromatic heterocycles. The van der Waals surface area contributed by atoms with Gasteiger partial charge >= 0.3 is 0 Å². The third-order valence-corrected chi connectivity index (χ3v) is 4.60. The Hall–Kier alpha value is -0.740. The number of nitrogens with two attached hydrogens (primary N) is 1. The zero-order valence-electron chi connectivity index (χ0n) is 10.3. The van der Waals surface area contributed by atoms with Crippen molar-refractivity contribution in [3.8, 4) is 0 Å². The standard InChI is InChI=1S/C12H18ClNO2S/c1-12(2,3)6-7-17(15,16)11-8-9(14)4-5-10(11)13/h4-5,8H,6-7,14H2,1-3H3. The molecule has 0 saturated heterocycles. The van der Waals surface area contributed by atoms with Crippen molar-refractivity contribution >= 4 is 27.1 Å². The molecule has 1 aromatic carbocycles. The van der Waals surface area contributed by atoms with Crippen LogP contribution < -0.4 is 5.73 Å². The molecule has 1 rings (SSSR count). The Bertz CT molecular complexity index is 504. The number of anilines is 1. The SMILES string of the molecule is CC(C)(C)CCS(=O)(=O)c1cc(N)ccc1Cl. The van der Waals surface area contributed by atoms with Crippen molar-refractivity contribution in [1.82, 2.24) is 0 Å². The quantitative estimate of drug-likeness (QED) is 0.862. The van der Waals surface area contributed by atoms with E-state index in [1.54, 1.807) is 6.07 Å². The molecule has 1 aromatic rings. The van der Waals surface area contributed by atoms with Gasteiger partial charge in [-0.05, 0) is 30.0 Å². The van der Waals surface area contributed by atoms with Gasteiger partial charge in [0.2, 0.25) is 0 Å². The molecule has 3 nitrogen and oxygen atoms in total. The molecule has 0 spiro atoms. The lowest BCUT2D eigenvalue weighted by Crippen LogP contribution is -2.15. The molecular formula is C12H18ClNO2S. The maximum atomic E-state index is 12.1. The maximum absolute atomic E-state index is 12.1. The van der Waals surface area contributed by atoms with Crippen LogP contribution in [0.4, 0.5) is 5.69 Å². The molecule has 0 aliphatic rings. The molecule has 0 amide bonds. The summed E-state index contributed by atoms with van der Waals surface area (Å²) in [5, 5.41) is 0.230. The molecule has 0 unspecified atom stereocenters. The highest BCUT2D eigenvalue weighted by atomic mass is 35.5. The molecule has 0 aliphatic heterocycles. The van der Waals surface area contributed by atoms with Crippen molar-refractivity contribution in [2.75, 3.05) is 11.5 Å². The van der Waals surface area contributed by atoms with E-state index in [0.29, 0.717) is 12.1 Å². The molecule has 5 heteroatoms. The van der Waals surface area contributed by atoms with E-state index >= 15 is 0 Å². The van der Waals surface area contributed by atoms with Crippen molar-refractivity contribution in [3.63, 3.8) is 0 Å². The zero-order chi connectivity index (χ0) is 13.3. The molecular weight excluding hydrogens is 258 g/mol. The number of rotatable bonds is 3. The third-order valence-electron chi connectivity index (χ3n) is 2.41. The summed E-state index contributed by atoms with van der Waals surface area (Å²) in [7, 11) is -3.36. The normalized spacial score (nSPS) is 12.7. The number of halogens is 1. The third kappa shape index (κ3) is 4.21. The summed E-state index contributed by atoms with van der Waals surface area (Å²) < 4.78 is 24.2. The first kappa shape index (κ1) is 14.3. The number of hydrogen-bond acceptors (Lipinski definition) is 3. The molecule has 0 radical (unpaired) electrons. The summed E-state index contributed by atoms with van der Waals surface area (Å²) in [5.41, 5.74) is 5.96. The van der Waals surface area contributed by atoms with Crippen molar-refractivity contribution in [2.24, 2.45) is 5.41 Å². The lowest BCUT2D eigenvalue weighted by atomic mass is 9.94. The first-order valence-electron chi connectivity index (χ1n) is 5.40. The van der Waals surface area contributed by atoms with E-state index in [9.17, 15) is 8.42 Å². The Labute approximate surface area is 108 Å². The van der Waals surface area contributed by atoms with Crippen LogP contribution in [-0.4, -0.2) is 14.2 Å². The fourth-order valence-electron chi connectivity index (χ4n) is 1.31. The van der Waals surface area contributed by atoms with Gasteiger partial charge < -0.3 is 5.73 Å². The summed E-state index contributed by atoms with van der Waals surface area (Å²) in [6, 6.07) is 4.52. The first-order valence-corrected chi connectivity index (χ1v) is 7.43. The maximum Gasteiger partial charge on any atom is 0.179 e. The Morgan fingerprint density at radius 2 is 1.88 bits per heavy atom. The smallest absolute Gasteiger partial charge is 0.179 e. The fourth-order valence-corrected chi connectivity index (χ4v) is 3.56. The monoisotopic (exact) mass is 275 g/mol. The molecule has 0 bridgehead atoms. The molecule has 2 N–H and O–H groups in total. The Balaban J connectivity index is 3.02. The lowest BCUT2D eigenvalue weighted by Gasteiger charge is -2.18. The lowest BCUT2D eigenvalue weighted by molar-refractivity contribution is 0.397. The Morgan fingerprint density at radius 3 is 2.41 bits per heavy atom. The van der Waals surface area contributed by atoms with E-state index in [-0.39, 0.29) is 21.1 Å². The highest BCUT2D eigenvalue weighted by Gasteiger charge is 2.21. The van der Waals surface area contributed by atoms with Crippen LogP contribution in [0.15, 0.2) is 23.1 Å². The molecule has 0 heterocycles. The van der Waals surface area contributed by atoms with Gasteiger partial charge in [-0.3, -0.25) is 0 Å². The van der Waals surface area contributed by atoms with E-state index in [4.69, 9.17) is 17.3 Å². The fraction of sp³-hybridized carbons (Fsp3) is 0.500. The number of hydrogen-bond donors (Lipinski definition) is 1. The van der Waals surface area contributed by atoms with Gasteiger partial charge in [0, 0.05) is 5.69 Å². The predicted molar refractivity (Wildman–Crippen MR) is 72.0 cm³/mol. The van der Waals surface area contributed by atoms with Crippen molar-refractivity contribution in [1.29, 1.82) is 0 Å². The minimum atomic E-state index is -3.36. The van der Waals surface area contributed by atoms with Gasteiger partial charge in [0.1, 0.15) is 0 Å². The summed E-state index contributed by atoms with van der Waals surface area (Å²) in [5.74, 6) is 0.0830. The molecule has 0 fully saturated rings. The van der Waals surface area contributed by atoms with E-state index < -0.39 is 9.84 Å². The Morgan fingerprint density at radius 1 is 1.29 bits per heavy atom. The summed E-state index contributed by atoms with van der Waals surface area (Å²) in [4.78, 5) is 0.128. The highest BCUT2D eigenvalue weighted by molar-refractivity contribution is 7.91. The minimum absolute atomic E-state index is 0.0279. The topological polar surface area (TPSA) is 60.2 Å². The predicted octanol–water partition coefficient (Wildman–Crippen LogP) is 3.13. The van der Waals surface area contributed by atoms with Crippen LogP contribution in [-0.2, 0) is 9.84 Å². The van der Waals surface area contributed by atoms with Crippen molar-refractivity contribution < 1.29 is 8.42 Å². The summed E-state index contributed by atoms with van der Waals surface area (Å²) >= 11 is 5.90. The van der Waals surface area contributed by atoms with Gasteiger partial charge in [0.05, 0.1) is 15.7 Å². The molecule has 0 aliphatic carbocycles. The number of nitrogen functional groups attached to an aromatic ring is 1. The molecule has 0 saturated carbocycles. The second-order valence-corrected chi connectivity index (χ2v) is 7.80. The number of benzene rings is 1. The highest BCUT2D eigenvalue weighted by Crippen LogP contribution is 2.27. The van der Waals surface area contributed by atoms with Gasteiger partial charge in [0.15, 0.2) is 9.84 Å². The van der Waals surface area contributed by atoms with Gasteiger partial charge in [-0.15, -0.1) is 0 Å². The minimum Gasteiger partial charge on any atom is -0.399 e. The van der Waals surface area contributed by atoms with E-state index in [1.807, 2.05) is 20.8 Å². The molecule has 0 atom stereocenters. The molecule has 17 heavy (non-hydrogen) atoms. The second-order valence-electron chi connectivity index (χ2n) is 5.32. The number of sulfone groups is 1. The van der Waals surface area contributed by atoms with Gasteiger partial charge in [0.25, 0.3) is 0 Å². The first-order chi connectivity index (χ1) is 7.62. The second kappa shape index (κ2) is 4.86. The largest absolute Gasteiger partial charge is 0.399 e. The summed E-state index contributed by atoms with van der Waals surface area (Å²) in [6.07, 6.45) is 0.584. The van der Waals surface area contributed by atoms with Crippen LogP contribution in [0.2, 0.25) is 5.02 Å². The van der Waals surface area contributed by atoms with E-state index in [1.165, 1.54) is 12.1 Å². The van der Waals surface area contributed by atoms with Gasteiger partial charge in [-0.25, -0.2) is 8.42 Å². The van der Waals surface area contributed by atoms with Crippen molar-refractivity contribution in [3.05, 3.63) is 23.2 Å². The van der Waals surface area contributed by atoms with E-state index in [2.05, 4.69) is 0 Å². The zero-order valence-corrected chi connectivity index (χ0v) is 11.9. The van der Waals surface area contributed by atoms with Crippen LogP contribution in [0.1, 0.15) is 27.2 Å². The van der Waals surface area contributed by atoms with Crippen LogP contribution in [0.25, 0.3) is 0 Å². The Kier molecular flexibility index (Phi) is 4.10. The van der Waals surface area contributed by atoms with Crippen molar-refractivity contribution in [2.45, 2.75) is 32.1 Å². The summed E-state index contributed by atoms with van der Waals surface area (Å²) in [6.45, 7) is 6.01. The molecule has 96 valence electrons. The van der Waals surface area contributed by atoms with Crippen LogP contribution in [0.3, 0.4) is 0 Å². The van der Waals surface area contributed by atoms with Crippen LogP contribution in [0, 0.1) is 5.41 Å². The van der Waals surface area contributed by atoms with Gasteiger partial charge in [-0.2, -0.15) is 0 Å². The van der Waals surface area contributed by atoms with Gasteiger partial charge in [-0.1, -0.05) is 32.4 Å². The average molecular weight is 276 g/mol.